The van der Waals surface area contributed by atoms with E-state index >= 15 is 0 Å². The van der Waals surface area contributed by atoms with Crippen molar-refractivity contribution in [3.8, 4) is 0 Å². The highest BCUT2D eigenvalue weighted by molar-refractivity contribution is 5.80. The Balaban J connectivity index is 2.25. The third kappa shape index (κ3) is 41.6. The molecule has 0 bridgehead atoms. The molecule has 1 rings (SSSR count). The number of aliphatic hydroxyl groups excluding tert-OH is 7. The summed E-state index contributed by atoms with van der Waals surface area (Å²) in [7, 11) is 0. The number of ether oxygens (including phenoxy) is 2. The summed E-state index contributed by atoms with van der Waals surface area (Å²) in [6.45, 7) is 3.50. The lowest BCUT2D eigenvalue weighted by molar-refractivity contribution is -0.303. The molecule has 11 nitrogen and oxygen atoms in total. The Morgan fingerprint density at radius 1 is 0.461 bits per heavy atom. The zero-order chi connectivity index (χ0) is 55.4. The molecule has 76 heavy (non-hydrogen) atoms. The van der Waals surface area contributed by atoms with E-state index in [9.17, 15) is 40.5 Å². The number of hydrogen-bond donors (Lipinski definition) is 8. The second kappa shape index (κ2) is 54.2. The molecule has 1 aliphatic rings. The summed E-state index contributed by atoms with van der Waals surface area (Å²) in [6.07, 6.45) is 55.2. The summed E-state index contributed by atoms with van der Waals surface area (Å²) in [5.74, 6) is -0.696. The quantitative estimate of drug-likeness (QED) is 0.0215. The van der Waals surface area contributed by atoms with Crippen molar-refractivity contribution >= 4 is 5.91 Å². The summed E-state index contributed by atoms with van der Waals surface area (Å²) in [4.78, 5) is 13.2. The maximum atomic E-state index is 13.2. The van der Waals surface area contributed by atoms with Crippen molar-refractivity contribution in [1.29, 1.82) is 0 Å². The number of hydrogen-bond acceptors (Lipinski definition) is 10. The van der Waals surface area contributed by atoms with Crippen LogP contribution in [0.2, 0.25) is 0 Å². The van der Waals surface area contributed by atoms with Crippen LogP contribution in [0.15, 0.2) is 24.3 Å². The van der Waals surface area contributed by atoms with Gasteiger partial charge in [0, 0.05) is 0 Å². The SMILES string of the molecule is CCCCCCCCCCC/C=C\C/C=C\CCCCCCCCCCC(O)C(=O)NC(COC1OC(CO)C(O)C(O)C1O)C(O)C(O)CCCCCCCCCCCCCCCCCCCCCCCCCCC. The molecule has 1 amide bonds. The molecular formula is C65H125NO10. The number of unbranched alkanes of at least 4 members (excludes halogenated alkanes) is 41. The molecule has 0 aromatic carbocycles. The van der Waals surface area contributed by atoms with E-state index in [0.717, 1.165) is 51.4 Å². The number of rotatable bonds is 57. The van der Waals surface area contributed by atoms with Gasteiger partial charge in [-0.1, -0.05) is 295 Å². The van der Waals surface area contributed by atoms with Crippen molar-refractivity contribution in [3.05, 3.63) is 24.3 Å². The topological polar surface area (TPSA) is 189 Å². The van der Waals surface area contributed by atoms with Gasteiger partial charge in [-0.2, -0.15) is 0 Å². The lowest BCUT2D eigenvalue weighted by Gasteiger charge is -2.40. The lowest BCUT2D eigenvalue weighted by atomic mass is 9.98. The van der Waals surface area contributed by atoms with Crippen LogP contribution in [0.3, 0.4) is 0 Å². The van der Waals surface area contributed by atoms with Crippen LogP contribution in [0.25, 0.3) is 0 Å². The first-order chi connectivity index (χ1) is 37.2. The monoisotopic (exact) mass is 1080 g/mol. The zero-order valence-electron chi connectivity index (χ0n) is 49.5. The van der Waals surface area contributed by atoms with E-state index in [1.54, 1.807) is 0 Å². The molecule has 11 heteroatoms. The molecule has 0 aromatic heterocycles. The number of aliphatic hydroxyl groups is 7. The molecule has 0 spiro atoms. The highest BCUT2D eigenvalue weighted by Gasteiger charge is 2.44. The average molecular weight is 1080 g/mol. The van der Waals surface area contributed by atoms with Gasteiger partial charge in [-0.25, -0.2) is 0 Å². The minimum Gasteiger partial charge on any atom is -0.394 e. The van der Waals surface area contributed by atoms with Crippen molar-refractivity contribution in [2.24, 2.45) is 0 Å². The van der Waals surface area contributed by atoms with Crippen molar-refractivity contribution < 1.29 is 50.0 Å². The van der Waals surface area contributed by atoms with Crippen LogP contribution in [-0.2, 0) is 14.3 Å². The Morgan fingerprint density at radius 3 is 1.17 bits per heavy atom. The first-order valence-electron chi connectivity index (χ1n) is 32.7. The van der Waals surface area contributed by atoms with Gasteiger partial charge in [-0.3, -0.25) is 4.79 Å². The van der Waals surface area contributed by atoms with E-state index in [0.29, 0.717) is 19.3 Å². The molecule has 0 saturated carbocycles. The van der Waals surface area contributed by atoms with Gasteiger partial charge in [0.15, 0.2) is 6.29 Å². The van der Waals surface area contributed by atoms with Gasteiger partial charge in [-0.05, 0) is 44.9 Å². The van der Waals surface area contributed by atoms with Gasteiger partial charge in [0.05, 0.1) is 25.4 Å². The normalized spacial score (nSPS) is 19.7. The van der Waals surface area contributed by atoms with E-state index in [-0.39, 0.29) is 6.42 Å². The lowest BCUT2D eigenvalue weighted by Crippen LogP contribution is -2.60. The molecule has 1 heterocycles. The average Bonchev–Trinajstić information content (AvgIpc) is 3.42. The van der Waals surface area contributed by atoms with Gasteiger partial charge in [0.2, 0.25) is 5.91 Å². The Bertz CT molecular complexity index is 1280. The first-order valence-corrected chi connectivity index (χ1v) is 32.7. The Hall–Kier alpha value is -1.41. The molecule has 0 radical (unpaired) electrons. The summed E-state index contributed by atoms with van der Waals surface area (Å²) in [5.41, 5.74) is 0. The Kier molecular flexibility index (Phi) is 51.8. The van der Waals surface area contributed by atoms with Gasteiger partial charge >= 0.3 is 0 Å². The van der Waals surface area contributed by atoms with Crippen molar-refractivity contribution in [2.75, 3.05) is 13.2 Å². The molecule has 0 aromatic rings. The highest BCUT2D eigenvalue weighted by atomic mass is 16.7. The van der Waals surface area contributed by atoms with Crippen LogP contribution in [0, 0.1) is 0 Å². The van der Waals surface area contributed by atoms with E-state index in [1.165, 1.54) is 225 Å². The molecule has 450 valence electrons. The highest BCUT2D eigenvalue weighted by Crippen LogP contribution is 2.24. The number of carbonyl (C=O) groups excluding carboxylic acids is 1. The Morgan fingerprint density at radius 2 is 0.803 bits per heavy atom. The Labute approximate surface area is 467 Å². The van der Waals surface area contributed by atoms with Gasteiger partial charge in [0.1, 0.15) is 36.6 Å². The number of amides is 1. The summed E-state index contributed by atoms with van der Waals surface area (Å²) >= 11 is 0. The molecule has 1 aliphatic heterocycles. The molecule has 9 atom stereocenters. The summed E-state index contributed by atoms with van der Waals surface area (Å²) < 4.78 is 11.2. The number of carbonyl (C=O) groups is 1. The maximum absolute atomic E-state index is 13.2. The third-order valence-corrected chi connectivity index (χ3v) is 16.0. The summed E-state index contributed by atoms with van der Waals surface area (Å²) in [5, 5.41) is 76.4. The van der Waals surface area contributed by atoms with Crippen LogP contribution in [0.5, 0.6) is 0 Å². The number of allylic oxidation sites excluding steroid dienone is 4. The summed E-state index contributed by atoms with van der Waals surface area (Å²) in [6, 6.07) is -1.17. The fourth-order valence-electron chi connectivity index (χ4n) is 10.7. The minimum atomic E-state index is -1.66. The van der Waals surface area contributed by atoms with Crippen molar-refractivity contribution in [2.45, 2.75) is 371 Å². The second-order valence-electron chi connectivity index (χ2n) is 23.2. The molecule has 0 aliphatic carbocycles. The third-order valence-electron chi connectivity index (χ3n) is 16.0. The van der Waals surface area contributed by atoms with E-state index in [4.69, 9.17) is 9.47 Å². The molecule has 9 unspecified atom stereocenters. The fourth-order valence-corrected chi connectivity index (χ4v) is 10.7. The standard InChI is InChI=1S/C65H125NO10/c1-3-5-7-9-11-13-15-17-19-21-23-25-27-29-31-32-34-36-38-40-42-44-46-48-50-52-57(68)60(70)56(55-75-65-63(73)62(72)61(71)59(54-67)76-65)66-64(74)58(69)53-51-49-47-45-43-41-39-37-35-33-30-28-26-24-22-20-18-16-14-12-10-8-6-4-2/h24,26,30,33,56-63,65,67-73H,3-23,25,27-29,31-32,34-55H2,1-2H3,(H,66,74)/b26-24-,33-30-. The molecule has 1 fully saturated rings. The number of nitrogens with one attached hydrogen (secondary N) is 1. The van der Waals surface area contributed by atoms with Crippen LogP contribution in [0.1, 0.15) is 316 Å². The zero-order valence-corrected chi connectivity index (χ0v) is 49.5. The molecular weight excluding hydrogens is 955 g/mol. The largest absolute Gasteiger partial charge is 0.394 e. The van der Waals surface area contributed by atoms with Crippen LogP contribution in [0.4, 0.5) is 0 Å². The van der Waals surface area contributed by atoms with Gasteiger partial charge in [0.25, 0.3) is 0 Å². The van der Waals surface area contributed by atoms with Crippen LogP contribution < -0.4 is 5.32 Å². The van der Waals surface area contributed by atoms with E-state index < -0.39 is 74.2 Å². The smallest absolute Gasteiger partial charge is 0.249 e. The predicted octanol–water partition coefficient (Wildman–Crippen LogP) is 14.9. The van der Waals surface area contributed by atoms with Crippen LogP contribution in [-0.4, -0.2) is 110 Å². The maximum Gasteiger partial charge on any atom is 0.249 e. The first kappa shape index (κ1) is 72.6. The van der Waals surface area contributed by atoms with Crippen molar-refractivity contribution in [3.63, 3.8) is 0 Å². The van der Waals surface area contributed by atoms with E-state index in [2.05, 4.69) is 43.5 Å². The molecule has 1 saturated heterocycles. The fraction of sp³-hybridized carbons (Fsp3) is 0.923. The van der Waals surface area contributed by atoms with Crippen LogP contribution >= 0.6 is 0 Å². The molecule has 8 N–H and O–H groups in total. The van der Waals surface area contributed by atoms with Gasteiger partial charge in [-0.15, -0.1) is 0 Å². The van der Waals surface area contributed by atoms with Gasteiger partial charge < -0.3 is 50.5 Å². The van der Waals surface area contributed by atoms with E-state index in [1.807, 2.05) is 0 Å². The minimum absolute atomic E-state index is 0.255. The predicted molar refractivity (Wildman–Crippen MR) is 316 cm³/mol. The second-order valence-corrected chi connectivity index (χ2v) is 23.2. The van der Waals surface area contributed by atoms with Crippen molar-refractivity contribution in [1.82, 2.24) is 5.32 Å².